The highest BCUT2D eigenvalue weighted by molar-refractivity contribution is 5.95. The van der Waals surface area contributed by atoms with Crippen LogP contribution in [0, 0.1) is 17.0 Å². The van der Waals surface area contributed by atoms with E-state index in [0.29, 0.717) is 25.3 Å². The molecule has 1 saturated carbocycles. The molecule has 5 heterocycles. The summed E-state index contributed by atoms with van der Waals surface area (Å²) in [7, 11) is 0. The summed E-state index contributed by atoms with van der Waals surface area (Å²) in [6.07, 6.45) is 5.15. The van der Waals surface area contributed by atoms with Crippen molar-refractivity contribution in [1.82, 2.24) is 14.9 Å². The maximum absolute atomic E-state index is 15.9. The van der Waals surface area contributed by atoms with E-state index in [9.17, 15) is 19.4 Å². The number of morpholine rings is 1. The molecule has 6 aliphatic rings. The molecule has 2 unspecified atom stereocenters. The van der Waals surface area contributed by atoms with Gasteiger partial charge in [0.2, 0.25) is 0 Å². The first-order valence-electron chi connectivity index (χ1n) is 14.0. The molecular weight excluding hydrogens is 518 g/mol. The number of carbonyl (C=O) groups is 1. The van der Waals surface area contributed by atoms with Crippen molar-refractivity contribution in [3.05, 3.63) is 88.5 Å². The van der Waals surface area contributed by atoms with E-state index in [0.717, 1.165) is 36.9 Å². The maximum atomic E-state index is 15.9. The Kier molecular flexibility index (Phi) is 5.18. The summed E-state index contributed by atoms with van der Waals surface area (Å²) in [5.74, 6) is -2.57. The van der Waals surface area contributed by atoms with Gasteiger partial charge in [-0.25, -0.2) is 8.78 Å². The summed E-state index contributed by atoms with van der Waals surface area (Å²) >= 11 is 0. The number of hydrogen-bond acceptors (Lipinski definition) is 7. The zero-order valence-electron chi connectivity index (χ0n) is 21.8. The van der Waals surface area contributed by atoms with Crippen LogP contribution in [0.5, 0.6) is 0 Å². The molecule has 8 nitrogen and oxygen atoms in total. The van der Waals surface area contributed by atoms with Gasteiger partial charge >= 0.3 is 0 Å². The summed E-state index contributed by atoms with van der Waals surface area (Å²) in [6.45, 7) is 1.72. The fourth-order valence-electron chi connectivity index (χ4n) is 7.50. The van der Waals surface area contributed by atoms with E-state index in [4.69, 9.17) is 4.74 Å². The van der Waals surface area contributed by atoms with Crippen LogP contribution in [0.1, 0.15) is 54.5 Å². The highest BCUT2D eigenvalue weighted by atomic mass is 19.2. The normalized spacial score (nSPS) is 30.4. The SMILES string of the molecule is O=C1C2=C(O)C(O)C=CN2N([C@@H]2c3ccccc3N3CCOCC3c3c2ccc(F)c3F)[C@@H]2CC3(CCN12)CC3. The van der Waals surface area contributed by atoms with E-state index in [1.165, 1.54) is 12.1 Å². The Morgan fingerprint density at radius 3 is 2.65 bits per heavy atom. The average Bonchev–Trinajstić information content (AvgIpc) is 3.74. The zero-order chi connectivity index (χ0) is 27.3. The Morgan fingerprint density at radius 2 is 1.82 bits per heavy atom. The number of anilines is 1. The van der Waals surface area contributed by atoms with Crippen LogP contribution in [0.2, 0.25) is 0 Å². The second-order valence-corrected chi connectivity index (χ2v) is 11.8. The number of piperidine rings is 1. The number of amides is 1. The standard InChI is InChI=1S/C30H30F2N4O4/c31-19-6-5-18-24(25(19)32)21-16-40-14-13-33(21)20-4-2-1-3-17(20)26(18)36-23-15-30(8-9-30)10-12-34(23)29(39)27-28(38)22(37)7-11-35(27)36/h1-7,11,21-23,26,37-38H,8-10,12-16H2/t21?,22?,23-,26-/m1/s1. The summed E-state index contributed by atoms with van der Waals surface area (Å²) in [5.41, 5.74) is 2.76. The second kappa shape index (κ2) is 8.52. The number of fused-ring (bicyclic) bond motifs is 7. The van der Waals surface area contributed by atoms with E-state index in [1.807, 2.05) is 29.3 Å². The molecular formula is C30H30F2N4O4. The molecule has 208 valence electrons. The minimum absolute atomic E-state index is 0.00934. The van der Waals surface area contributed by atoms with Crippen molar-refractivity contribution in [3.63, 3.8) is 0 Å². The number of carbonyl (C=O) groups excluding carboxylic acids is 1. The van der Waals surface area contributed by atoms with Gasteiger partial charge in [0.25, 0.3) is 5.91 Å². The molecule has 3 saturated heterocycles. The highest BCUT2D eigenvalue weighted by Gasteiger charge is 2.57. The molecule has 10 heteroatoms. The Bertz CT molecular complexity index is 1490. The van der Waals surface area contributed by atoms with Crippen LogP contribution in [-0.4, -0.2) is 69.6 Å². The number of aliphatic hydroxyl groups is 2. The van der Waals surface area contributed by atoms with Crippen LogP contribution in [0.25, 0.3) is 0 Å². The summed E-state index contributed by atoms with van der Waals surface area (Å²) in [5, 5.41) is 25.1. The number of ether oxygens (including phenoxy) is 1. The van der Waals surface area contributed by atoms with Gasteiger partial charge < -0.3 is 24.7 Å². The highest BCUT2D eigenvalue weighted by Crippen LogP contribution is 2.58. The van der Waals surface area contributed by atoms with Gasteiger partial charge in [-0.2, -0.15) is 5.01 Å². The van der Waals surface area contributed by atoms with Crippen molar-refractivity contribution < 1.29 is 28.5 Å². The lowest BCUT2D eigenvalue weighted by atomic mass is 9.86. The van der Waals surface area contributed by atoms with Crippen molar-refractivity contribution in [1.29, 1.82) is 0 Å². The average molecular weight is 549 g/mol. The summed E-state index contributed by atoms with van der Waals surface area (Å²) in [6, 6.07) is 9.55. The Labute approximate surface area is 230 Å². The van der Waals surface area contributed by atoms with Crippen LogP contribution in [0.4, 0.5) is 14.5 Å². The molecule has 8 rings (SSSR count). The molecule has 1 spiro atoms. The lowest BCUT2D eigenvalue weighted by Crippen LogP contribution is -2.66. The molecule has 0 radical (unpaired) electrons. The molecule has 4 atom stereocenters. The van der Waals surface area contributed by atoms with E-state index in [-0.39, 0.29) is 35.4 Å². The van der Waals surface area contributed by atoms with Gasteiger partial charge in [-0.3, -0.25) is 9.80 Å². The predicted octanol–water partition coefficient (Wildman–Crippen LogP) is 3.86. The van der Waals surface area contributed by atoms with E-state index >= 15 is 4.39 Å². The number of rotatable bonds is 1. The predicted molar refractivity (Wildman–Crippen MR) is 140 cm³/mol. The minimum atomic E-state index is -1.31. The molecule has 5 aliphatic heterocycles. The van der Waals surface area contributed by atoms with Crippen LogP contribution in [0.3, 0.4) is 0 Å². The Morgan fingerprint density at radius 1 is 1.00 bits per heavy atom. The molecule has 2 aromatic carbocycles. The van der Waals surface area contributed by atoms with Crippen LogP contribution < -0.4 is 4.90 Å². The van der Waals surface area contributed by atoms with Gasteiger partial charge in [-0.15, -0.1) is 0 Å². The van der Waals surface area contributed by atoms with Gasteiger partial charge in [0.05, 0.1) is 25.3 Å². The first-order valence-corrected chi connectivity index (χ1v) is 14.0. The number of para-hydroxylation sites is 1. The van der Waals surface area contributed by atoms with Gasteiger partial charge in [0.1, 0.15) is 12.3 Å². The Balaban J connectivity index is 1.40. The van der Waals surface area contributed by atoms with Gasteiger partial charge in [0.15, 0.2) is 23.1 Å². The molecule has 40 heavy (non-hydrogen) atoms. The number of hydrogen-bond donors (Lipinski definition) is 2. The lowest BCUT2D eigenvalue weighted by molar-refractivity contribution is -0.177. The van der Waals surface area contributed by atoms with Gasteiger partial charge in [-0.05, 0) is 60.4 Å². The van der Waals surface area contributed by atoms with Crippen molar-refractivity contribution in [2.75, 3.05) is 31.2 Å². The van der Waals surface area contributed by atoms with Crippen molar-refractivity contribution in [2.45, 2.75) is 50.0 Å². The first kappa shape index (κ1) is 24.3. The van der Waals surface area contributed by atoms with Crippen molar-refractivity contribution in [2.24, 2.45) is 5.41 Å². The van der Waals surface area contributed by atoms with Crippen molar-refractivity contribution >= 4 is 11.6 Å². The number of halogens is 2. The smallest absolute Gasteiger partial charge is 0.276 e. The molecule has 0 bridgehead atoms. The molecule has 1 amide bonds. The van der Waals surface area contributed by atoms with Crippen LogP contribution >= 0.6 is 0 Å². The van der Waals surface area contributed by atoms with E-state index < -0.39 is 35.6 Å². The summed E-state index contributed by atoms with van der Waals surface area (Å²) < 4.78 is 36.6. The largest absolute Gasteiger partial charge is 0.507 e. The lowest BCUT2D eigenvalue weighted by Gasteiger charge is -2.56. The molecule has 4 fully saturated rings. The number of hydrazine groups is 1. The Hall–Kier alpha value is -3.47. The van der Waals surface area contributed by atoms with Crippen LogP contribution in [-0.2, 0) is 9.53 Å². The monoisotopic (exact) mass is 548 g/mol. The zero-order valence-corrected chi connectivity index (χ0v) is 21.8. The van der Waals surface area contributed by atoms with E-state index in [1.54, 1.807) is 22.2 Å². The molecule has 2 aromatic rings. The topological polar surface area (TPSA) is 79.7 Å². The number of nitrogens with zero attached hydrogens (tertiary/aromatic N) is 4. The minimum Gasteiger partial charge on any atom is -0.507 e. The number of aliphatic hydroxyl groups excluding tert-OH is 2. The fourth-order valence-corrected chi connectivity index (χ4v) is 7.50. The third kappa shape index (κ3) is 3.30. The second-order valence-electron chi connectivity index (χ2n) is 11.8. The first-order chi connectivity index (χ1) is 19.4. The third-order valence-corrected chi connectivity index (χ3v) is 9.72. The van der Waals surface area contributed by atoms with Gasteiger partial charge in [0, 0.05) is 30.5 Å². The quantitative estimate of drug-likeness (QED) is 0.560. The maximum Gasteiger partial charge on any atom is 0.276 e. The summed E-state index contributed by atoms with van der Waals surface area (Å²) in [4.78, 5) is 17.7. The molecule has 2 N–H and O–H groups in total. The van der Waals surface area contributed by atoms with Gasteiger partial charge in [-0.1, -0.05) is 24.3 Å². The van der Waals surface area contributed by atoms with Crippen molar-refractivity contribution in [3.8, 4) is 0 Å². The fraction of sp³-hybridized carbons (Fsp3) is 0.433. The number of benzene rings is 2. The van der Waals surface area contributed by atoms with Crippen LogP contribution in [0.15, 0.2) is 60.1 Å². The molecule has 0 aromatic heterocycles. The molecule has 1 aliphatic carbocycles. The third-order valence-electron chi connectivity index (χ3n) is 9.72. The van der Waals surface area contributed by atoms with E-state index in [2.05, 4.69) is 4.90 Å².